The molecule has 0 aliphatic heterocycles. The molecule has 1 heterocycles. The molecule has 2 nitrogen and oxygen atoms in total. The Morgan fingerprint density at radius 1 is 1.08 bits per heavy atom. The number of hydrogen-bond acceptors (Lipinski definition) is 2. The van der Waals surface area contributed by atoms with Crippen LogP contribution in [0.5, 0.6) is 0 Å². The molecule has 0 fully saturated rings. The molecule has 3 rings (SSSR count). The summed E-state index contributed by atoms with van der Waals surface area (Å²) in [6.07, 6.45) is 4.52. The van der Waals surface area contributed by atoms with E-state index in [1.807, 2.05) is 0 Å². The average molecular weight is 369 g/mol. The van der Waals surface area contributed by atoms with E-state index in [4.69, 9.17) is 5.11 Å². The quantitative estimate of drug-likeness (QED) is 0.657. The number of aromatic carboxylic acids is 1. The lowest BCUT2D eigenvalue weighted by Gasteiger charge is -2.42. The molecule has 0 saturated carbocycles. The molecule has 1 aromatic carbocycles. The van der Waals surface area contributed by atoms with E-state index in [1.54, 1.807) is 11.4 Å². The normalized spacial score (nSPS) is 18.5. The van der Waals surface area contributed by atoms with Crippen LogP contribution in [0.15, 0.2) is 23.6 Å². The van der Waals surface area contributed by atoms with Gasteiger partial charge in [0.1, 0.15) is 0 Å². The predicted octanol–water partition coefficient (Wildman–Crippen LogP) is 6.66. The van der Waals surface area contributed by atoms with E-state index in [2.05, 4.69) is 59.8 Å². The van der Waals surface area contributed by atoms with Crippen LogP contribution < -0.4 is 0 Å². The molecule has 0 bridgehead atoms. The standard InChI is InChI=1S/C23H28O2S/c1-14(9-17-11-16(13-26-17)21(24)25)18-12-20-19(10-15(18)2)22(3,4)7-8-23(20,5)6/h9-13H,7-8H2,1-6H3,(H,24,25)/b14-9-. The highest BCUT2D eigenvalue weighted by atomic mass is 32.1. The van der Waals surface area contributed by atoms with E-state index < -0.39 is 5.97 Å². The fourth-order valence-electron chi connectivity index (χ4n) is 3.98. The van der Waals surface area contributed by atoms with Crippen LogP contribution in [-0.2, 0) is 10.8 Å². The Bertz CT molecular complexity index is 897. The summed E-state index contributed by atoms with van der Waals surface area (Å²) in [5, 5.41) is 10.8. The number of fused-ring (bicyclic) bond motifs is 1. The highest BCUT2D eigenvalue weighted by molar-refractivity contribution is 7.11. The maximum atomic E-state index is 11.1. The third kappa shape index (κ3) is 3.37. The van der Waals surface area contributed by atoms with E-state index in [0.29, 0.717) is 5.56 Å². The summed E-state index contributed by atoms with van der Waals surface area (Å²) in [5.74, 6) is -0.868. The second kappa shape index (κ2) is 6.38. The molecule has 26 heavy (non-hydrogen) atoms. The minimum atomic E-state index is -0.868. The van der Waals surface area contributed by atoms with E-state index >= 15 is 0 Å². The zero-order valence-corrected chi connectivity index (χ0v) is 17.4. The van der Waals surface area contributed by atoms with Gasteiger partial charge in [-0.1, -0.05) is 39.8 Å². The summed E-state index contributed by atoms with van der Waals surface area (Å²) in [5.41, 5.74) is 7.44. The topological polar surface area (TPSA) is 37.3 Å². The van der Waals surface area contributed by atoms with Crippen LogP contribution in [0, 0.1) is 6.92 Å². The van der Waals surface area contributed by atoms with Crippen molar-refractivity contribution in [1.82, 2.24) is 0 Å². The fourth-order valence-corrected chi connectivity index (χ4v) is 4.85. The summed E-state index contributed by atoms with van der Waals surface area (Å²) < 4.78 is 0. The number of benzene rings is 1. The first kappa shape index (κ1) is 18.9. The number of carboxylic acids is 1. The van der Waals surface area contributed by atoms with Gasteiger partial charge in [0.2, 0.25) is 0 Å². The van der Waals surface area contributed by atoms with E-state index in [0.717, 1.165) is 4.88 Å². The maximum absolute atomic E-state index is 11.1. The Hall–Kier alpha value is -1.87. The molecule has 1 aliphatic carbocycles. The molecule has 3 heteroatoms. The van der Waals surface area contributed by atoms with Gasteiger partial charge in [0.15, 0.2) is 0 Å². The number of hydrogen-bond donors (Lipinski definition) is 1. The zero-order valence-electron chi connectivity index (χ0n) is 16.6. The molecule has 0 unspecified atom stereocenters. The molecule has 0 atom stereocenters. The summed E-state index contributed by atoms with van der Waals surface area (Å²) in [6.45, 7) is 13.7. The van der Waals surface area contributed by atoms with Gasteiger partial charge in [-0.25, -0.2) is 4.79 Å². The Kier molecular flexibility index (Phi) is 4.64. The molecule has 1 N–H and O–H groups in total. The second-order valence-electron chi connectivity index (χ2n) is 8.85. The number of aryl methyl sites for hydroxylation is 1. The number of rotatable bonds is 3. The molecule has 0 spiro atoms. The van der Waals surface area contributed by atoms with Crippen molar-refractivity contribution in [3.05, 3.63) is 56.3 Å². The molecular formula is C23H28O2S. The van der Waals surface area contributed by atoms with E-state index in [9.17, 15) is 4.79 Å². The minimum Gasteiger partial charge on any atom is -0.478 e. The van der Waals surface area contributed by atoms with Crippen LogP contribution in [-0.4, -0.2) is 11.1 Å². The van der Waals surface area contributed by atoms with Crippen LogP contribution in [0.25, 0.3) is 11.6 Å². The third-order valence-electron chi connectivity index (χ3n) is 5.85. The van der Waals surface area contributed by atoms with Gasteiger partial charge in [-0.05, 0) is 77.5 Å². The highest BCUT2D eigenvalue weighted by Gasteiger charge is 2.37. The first-order chi connectivity index (χ1) is 12.0. The van der Waals surface area contributed by atoms with Crippen LogP contribution in [0.4, 0.5) is 0 Å². The fraction of sp³-hybridized carbons (Fsp3) is 0.435. The van der Waals surface area contributed by atoms with Crippen LogP contribution in [0.1, 0.15) is 84.9 Å². The second-order valence-corrected chi connectivity index (χ2v) is 9.79. The van der Waals surface area contributed by atoms with E-state index in [-0.39, 0.29) is 10.8 Å². The largest absolute Gasteiger partial charge is 0.478 e. The lowest BCUT2D eigenvalue weighted by atomic mass is 9.62. The Morgan fingerprint density at radius 3 is 2.19 bits per heavy atom. The monoisotopic (exact) mass is 368 g/mol. The highest BCUT2D eigenvalue weighted by Crippen LogP contribution is 2.47. The van der Waals surface area contributed by atoms with Gasteiger partial charge in [-0.2, -0.15) is 0 Å². The van der Waals surface area contributed by atoms with Gasteiger partial charge < -0.3 is 5.11 Å². The van der Waals surface area contributed by atoms with Crippen molar-refractivity contribution in [3.8, 4) is 0 Å². The van der Waals surface area contributed by atoms with Crippen molar-refractivity contribution in [2.24, 2.45) is 0 Å². The lowest BCUT2D eigenvalue weighted by Crippen LogP contribution is -2.34. The number of thiophene rings is 1. The molecule has 138 valence electrons. The summed E-state index contributed by atoms with van der Waals surface area (Å²) in [7, 11) is 0. The van der Waals surface area contributed by atoms with Gasteiger partial charge >= 0.3 is 5.97 Å². The van der Waals surface area contributed by atoms with Gasteiger partial charge in [-0.15, -0.1) is 11.3 Å². The Labute approximate surface area is 160 Å². The van der Waals surface area contributed by atoms with Crippen molar-refractivity contribution < 1.29 is 9.90 Å². The van der Waals surface area contributed by atoms with Gasteiger partial charge in [0.05, 0.1) is 5.56 Å². The van der Waals surface area contributed by atoms with Crippen molar-refractivity contribution in [3.63, 3.8) is 0 Å². The van der Waals surface area contributed by atoms with E-state index in [1.165, 1.54) is 52.0 Å². The SMILES string of the molecule is C/C(=C/c1cc(C(=O)O)cs1)c1cc2c(cc1C)C(C)(C)CCC2(C)C. The average Bonchev–Trinajstić information content (AvgIpc) is 3.00. The smallest absolute Gasteiger partial charge is 0.336 e. The summed E-state index contributed by atoms with van der Waals surface area (Å²) in [4.78, 5) is 12.1. The zero-order chi connectivity index (χ0) is 19.3. The first-order valence-corrected chi connectivity index (χ1v) is 10.1. The minimum absolute atomic E-state index is 0.187. The molecule has 1 aromatic heterocycles. The molecular weight excluding hydrogens is 340 g/mol. The molecule has 1 aliphatic rings. The molecule has 0 amide bonds. The Balaban J connectivity index is 2.08. The lowest BCUT2D eigenvalue weighted by molar-refractivity contribution is 0.0697. The summed E-state index contributed by atoms with van der Waals surface area (Å²) >= 11 is 1.48. The third-order valence-corrected chi connectivity index (χ3v) is 6.73. The van der Waals surface area contributed by atoms with Crippen LogP contribution in [0.2, 0.25) is 0 Å². The van der Waals surface area contributed by atoms with Gasteiger partial charge in [0.25, 0.3) is 0 Å². The Morgan fingerprint density at radius 2 is 1.65 bits per heavy atom. The van der Waals surface area contributed by atoms with Crippen molar-refractivity contribution in [1.29, 1.82) is 0 Å². The number of carboxylic acid groups (broad SMARTS) is 1. The van der Waals surface area contributed by atoms with Crippen molar-refractivity contribution in [2.45, 2.75) is 65.2 Å². The van der Waals surface area contributed by atoms with Gasteiger partial charge in [-0.3, -0.25) is 0 Å². The number of allylic oxidation sites excluding steroid dienone is 1. The molecule has 0 radical (unpaired) electrons. The van der Waals surface area contributed by atoms with Crippen molar-refractivity contribution >= 4 is 29.0 Å². The maximum Gasteiger partial charge on any atom is 0.336 e. The molecule has 0 saturated heterocycles. The van der Waals surface area contributed by atoms with Crippen molar-refractivity contribution in [2.75, 3.05) is 0 Å². The van der Waals surface area contributed by atoms with Crippen LogP contribution in [0.3, 0.4) is 0 Å². The van der Waals surface area contributed by atoms with Gasteiger partial charge in [0, 0.05) is 10.3 Å². The summed E-state index contributed by atoms with van der Waals surface area (Å²) in [6, 6.07) is 6.50. The predicted molar refractivity (Wildman–Crippen MR) is 111 cm³/mol. The molecule has 2 aromatic rings. The van der Waals surface area contributed by atoms with Crippen LogP contribution >= 0.6 is 11.3 Å². The number of carbonyl (C=O) groups is 1. The first-order valence-electron chi connectivity index (χ1n) is 9.17.